The molecule has 0 spiro atoms. The minimum atomic E-state index is -1.15. The van der Waals surface area contributed by atoms with Crippen LogP contribution in [0.25, 0.3) is 10.9 Å². The Labute approximate surface area is 285 Å². The first-order valence-corrected chi connectivity index (χ1v) is 16.6. The van der Waals surface area contributed by atoms with Gasteiger partial charge in [-0.1, -0.05) is 12.1 Å². The highest BCUT2D eigenvalue weighted by atomic mass is 79.9. The van der Waals surface area contributed by atoms with Crippen molar-refractivity contribution in [2.45, 2.75) is 44.7 Å². The van der Waals surface area contributed by atoms with Gasteiger partial charge in [-0.15, -0.1) is 0 Å². The van der Waals surface area contributed by atoms with Crippen LogP contribution in [0.4, 0.5) is 4.79 Å². The number of rotatable bonds is 11. The number of para-hydroxylation sites is 1. The molecule has 2 aromatic heterocycles. The predicted molar refractivity (Wildman–Crippen MR) is 176 cm³/mol. The van der Waals surface area contributed by atoms with E-state index in [1.54, 1.807) is 48.5 Å². The van der Waals surface area contributed by atoms with E-state index in [1.807, 2.05) is 6.07 Å². The fraction of sp³-hybridized carbons (Fsp3) is 0.424. The van der Waals surface area contributed by atoms with Gasteiger partial charge >= 0.3 is 12.1 Å². The van der Waals surface area contributed by atoms with Crippen molar-refractivity contribution in [2.24, 2.45) is 0 Å². The zero-order valence-corrected chi connectivity index (χ0v) is 28.1. The van der Waals surface area contributed by atoms with Crippen LogP contribution in [-0.4, -0.2) is 112 Å². The highest BCUT2D eigenvalue weighted by molar-refractivity contribution is 9.10. The number of carbonyl (C=O) groups excluding carboxylic acids is 4. The van der Waals surface area contributed by atoms with Crippen LogP contribution in [0, 0.1) is 0 Å². The summed E-state index contributed by atoms with van der Waals surface area (Å²) in [6.45, 7) is 3.14. The van der Waals surface area contributed by atoms with E-state index < -0.39 is 29.9 Å². The summed E-state index contributed by atoms with van der Waals surface area (Å²) in [5.74, 6) is -2.23. The van der Waals surface area contributed by atoms with Crippen molar-refractivity contribution >= 4 is 56.6 Å². The number of aromatic nitrogens is 2. The lowest BCUT2D eigenvalue weighted by Crippen LogP contribution is -2.56. The number of benzene rings is 1. The SMILES string of the molecule is CCOC(=O)N1CCN(C(=O)[C@H](CCC(=O)O)NC(=O)c2cc(OCC(=O)N3CCCC3c3cncc(Br)c3)c3ccccc3n2)CC1. The number of likely N-dealkylation sites (tertiary alicyclic amines) is 1. The molecule has 2 aliphatic rings. The number of aliphatic carboxylic acids is 1. The van der Waals surface area contributed by atoms with Crippen molar-refractivity contribution in [2.75, 3.05) is 45.9 Å². The van der Waals surface area contributed by atoms with Gasteiger partial charge in [0.15, 0.2) is 6.61 Å². The zero-order chi connectivity index (χ0) is 34.2. The van der Waals surface area contributed by atoms with E-state index in [4.69, 9.17) is 9.47 Å². The Morgan fingerprint density at radius 3 is 2.52 bits per heavy atom. The normalized spacial score (nSPS) is 16.8. The molecule has 48 heavy (non-hydrogen) atoms. The molecule has 2 fully saturated rings. The second-order valence-corrected chi connectivity index (χ2v) is 12.4. The minimum Gasteiger partial charge on any atom is -0.483 e. The average molecular weight is 726 g/mol. The molecule has 2 N–H and O–H groups in total. The van der Waals surface area contributed by atoms with Gasteiger partial charge in [0, 0.05) is 67.5 Å². The Morgan fingerprint density at radius 1 is 1.04 bits per heavy atom. The predicted octanol–water partition coefficient (Wildman–Crippen LogP) is 3.40. The number of piperazine rings is 1. The number of carbonyl (C=O) groups is 5. The van der Waals surface area contributed by atoms with Gasteiger partial charge in [0.05, 0.1) is 18.2 Å². The third kappa shape index (κ3) is 8.37. The van der Waals surface area contributed by atoms with E-state index in [0.29, 0.717) is 17.4 Å². The first-order valence-electron chi connectivity index (χ1n) is 15.8. The van der Waals surface area contributed by atoms with Gasteiger partial charge in [0.1, 0.15) is 17.5 Å². The van der Waals surface area contributed by atoms with Crippen LogP contribution in [0.2, 0.25) is 0 Å². The molecule has 4 heterocycles. The van der Waals surface area contributed by atoms with Crippen molar-refractivity contribution in [3.8, 4) is 5.75 Å². The number of carboxylic acids is 1. The number of amides is 4. The molecule has 5 rings (SSSR count). The molecule has 0 saturated carbocycles. The zero-order valence-electron chi connectivity index (χ0n) is 26.5. The molecule has 14 nitrogen and oxygen atoms in total. The van der Waals surface area contributed by atoms with Gasteiger partial charge in [0.25, 0.3) is 11.8 Å². The lowest BCUT2D eigenvalue weighted by molar-refractivity contribution is -0.138. The second-order valence-electron chi connectivity index (χ2n) is 11.5. The molecular formula is C33H37BrN6O8. The first kappa shape index (κ1) is 34.5. The van der Waals surface area contributed by atoms with Gasteiger partial charge < -0.3 is 34.6 Å². The Kier molecular flexibility index (Phi) is 11.4. The van der Waals surface area contributed by atoms with Crippen LogP contribution in [0.3, 0.4) is 0 Å². The smallest absolute Gasteiger partial charge is 0.409 e. The Morgan fingerprint density at radius 2 is 1.79 bits per heavy atom. The molecule has 0 bridgehead atoms. The van der Waals surface area contributed by atoms with Gasteiger partial charge in [0.2, 0.25) is 5.91 Å². The van der Waals surface area contributed by atoms with E-state index in [2.05, 4.69) is 31.2 Å². The summed E-state index contributed by atoms with van der Waals surface area (Å²) in [5.41, 5.74) is 1.31. The summed E-state index contributed by atoms with van der Waals surface area (Å²) in [6.07, 6.45) is 4.12. The van der Waals surface area contributed by atoms with E-state index in [1.165, 1.54) is 15.9 Å². The van der Waals surface area contributed by atoms with E-state index in [0.717, 1.165) is 22.9 Å². The number of halogens is 1. The molecular weight excluding hydrogens is 688 g/mol. The maximum absolute atomic E-state index is 13.6. The number of ether oxygens (including phenoxy) is 2. The van der Waals surface area contributed by atoms with Crippen LogP contribution in [0.5, 0.6) is 5.75 Å². The molecule has 0 aliphatic carbocycles. The third-order valence-electron chi connectivity index (χ3n) is 8.31. The van der Waals surface area contributed by atoms with E-state index in [9.17, 15) is 29.1 Å². The maximum Gasteiger partial charge on any atom is 0.409 e. The molecule has 2 saturated heterocycles. The molecule has 4 amide bonds. The van der Waals surface area contributed by atoms with Crippen molar-refractivity contribution in [3.63, 3.8) is 0 Å². The van der Waals surface area contributed by atoms with Crippen LogP contribution in [-0.2, 0) is 19.1 Å². The number of pyridine rings is 2. The summed E-state index contributed by atoms with van der Waals surface area (Å²) in [4.78, 5) is 77.4. The minimum absolute atomic E-state index is 0.0596. The van der Waals surface area contributed by atoms with Gasteiger partial charge in [-0.3, -0.25) is 24.2 Å². The largest absolute Gasteiger partial charge is 0.483 e. The molecule has 2 atom stereocenters. The fourth-order valence-corrected chi connectivity index (χ4v) is 6.31. The number of nitrogens with one attached hydrogen (secondary N) is 1. The lowest BCUT2D eigenvalue weighted by Gasteiger charge is -2.35. The van der Waals surface area contributed by atoms with Gasteiger partial charge in [-0.2, -0.15) is 0 Å². The molecule has 15 heteroatoms. The van der Waals surface area contributed by atoms with Crippen LogP contribution < -0.4 is 10.1 Å². The standard InChI is InChI=1S/C33H37BrN6O8/c1-2-47-33(46)39-14-12-38(13-15-39)32(45)25(9-10-30(42)43)37-31(44)26-17-28(23-6-3-4-7-24(23)36-26)48-20-29(41)40-11-5-8-27(40)21-16-22(34)19-35-18-21/h3-4,6-7,16-19,25,27H,2,5,8-15,20H2,1H3,(H,37,44)(H,42,43)/t25-,27?/m0/s1. The molecule has 2 aliphatic heterocycles. The quantitative estimate of drug-likeness (QED) is 0.299. The number of fused-ring (bicyclic) bond motifs is 1. The highest BCUT2D eigenvalue weighted by Gasteiger charge is 2.32. The summed E-state index contributed by atoms with van der Waals surface area (Å²) in [7, 11) is 0. The summed E-state index contributed by atoms with van der Waals surface area (Å²) >= 11 is 3.44. The van der Waals surface area contributed by atoms with E-state index in [-0.39, 0.29) is 75.6 Å². The lowest BCUT2D eigenvalue weighted by atomic mass is 10.1. The third-order valence-corrected chi connectivity index (χ3v) is 8.75. The van der Waals surface area contributed by atoms with Crippen LogP contribution >= 0.6 is 15.9 Å². The topological polar surface area (TPSA) is 172 Å². The summed E-state index contributed by atoms with van der Waals surface area (Å²) in [6, 6.07) is 9.10. The number of hydrogen-bond donors (Lipinski definition) is 2. The van der Waals surface area contributed by atoms with Gasteiger partial charge in [-0.05, 0) is 65.9 Å². The second kappa shape index (κ2) is 15.9. The fourth-order valence-electron chi connectivity index (χ4n) is 5.93. The monoisotopic (exact) mass is 724 g/mol. The molecule has 254 valence electrons. The maximum atomic E-state index is 13.6. The summed E-state index contributed by atoms with van der Waals surface area (Å²) in [5, 5.41) is 12.6. The molecule has 1 aromatic carbocycles. The molecule has 1 unspecified atom stereocenters. The van der Waals surface area contributed by atoms with Crippen molar-refractivity contribution in [3.05, 3.63) is 64.5 Å². The van der Waals surface area contributed by atoms with E-state index >= 15 is 0 Å². The van der Waals surface area contributed by atoms with Crippen LogP contribution in [0.15, 0.2) is 53.3 Å². The Hall–Kier alpha value is -4.79. The van der Waals surface area contributed by atoms with Gasteiger partial charge in [-0.25, -0.2) is 9.78 Å². The first-order chi connectivity index (χ1) is 23.1. The summed E-state index contributed by atoms with van der Waals surface area (Å²) < 4.78 is 11.9. The average Bonchev–Trinajstić information content (AvgIpc) is 3.59. The molecule has 0 radical (unpaired) electrons. The van der Waals surface area contributed by atoms with Crippen LogP contribution in [0.1, 0.15) is 54.7 Å². The Balaban J connectivity index is 1.30. The van der Waals surface area contributed by atoms with Crippen molar-refractivity contribution < 1.29 is 38.6 Å². The van der Waals surface area contributed by atoms with Crippen molar-refractivity contribution in [1.82, 2.24) is 30.0 Å². The highest BCUT2D eigenvalue weighted by Crippen LogP contribution is 2.33. The Bertz CT molecular complexity index is 1680. The number of nitrogens with zero attached hydrogens (tertiary/aromatic N) is 5. The number of hydrogen-bond acceptors (Lipinski definition) is 9. The van der Waals surface area contributed by atoms with Crippen molar-refractivity contribution in [1.29, 1.82) is 0 Å². The molecule has 3 aromatic rings. The number of carboxylic acid groups (broad SMARTS) is 1.